The van der Waals surface area contributed by atoms with Crippen molar-refractivity contribution in [2.75, 3.05) is 0 Å². The number of hydrogen-bond acceptors (Lipinski definition) is 5. The molecule has 8 nitrogen and oxygen atoms in total. The maximum Gasteiger partial charge on any atom is 0.338 e. The molecule has 140 valence electrons. The third-order valence-electron chi connectivity index (χ3n) is 3.93. The largest absolute Gasteiger partial charge is 0.459 e. The third kappa shape index (κ3) is 4.59. The molecule has 1 atom stereocenters. The summed E-state index contributed by atoms with van der Waals surface area (Å²) in [6.45, 7) is 5.52. The predicted octanol–water partition coefficient (Wildman–Crippen LogP) is 3.34. The maximum atomic E-state index is 12.7. The Morgan fingerprint density at radius 1 is 1.31 bits per heavy atom. The summed E-state index contributed by atoms with van der Waals surface area (Å²) in [5.74, 6) is -0.512. The van der Waals surface area contributed by atoms with E-state index in [9.17, 15) is 19.7 Å². The molecule has 0 radical (unpaired) electrons. The lowest BCUT2D eigenvalue weighted by Crippen LogP contribution is -2.46. The Kier molecular flexibility index (Phi) is 6.32. The Morgan fingerprint density at radius 3 is 2.50 bits per heavy atom. The first-order chi connectivity index (χ1) is 12.3. The van der Waals surface area contributed by atoms with Crippen LogP contribution in [0.4, 0.5) is 10.5 Å². The van der Waals surface area contributed by atoms with Gasteiger partial charge in [0, 0.05) is 17.8 Å². The van der Waals surface area contributed by atoms with Crippen molar-refractivity contribution in [1.29, 1.82) is 0 Å². The van der Waals surface area contributed by atoms with Crippen LogP contribution in [0.5, 0.6) is 0 Å². The molecule has 0 spiro atoms. The number of urea groups is 1. The quantitative estimate of drug-likeness (QED) is 0.439. The SMILES string of the molecule is CCCCC1=C(C(=O)OC(C)C)C(c2ccc([N+](=O)[O-])cc2)NC(=O)N1. The van der Waals surface area contributed by atoms with E-state index < -0.39 is 23.0 Å². The van der Waals surface area contributed by atoms with Gasteiger partial charge in [0.2, 0.25) is 0 Å². The van der Waals surface area contributed by atoms with Crippen LogP contribution in [0.25, 0.3) is 0 Å². The summed E-state index contributed by atoms with van der Waals surface area (Å²) >= 11 is 0. The maximum absolute atomic E-state index is 12.7. The van der Waals surface area contributed by atoms with Crippen molar-refractivity contribution in [3.8, 4) is 0 Å². The highest BCUT2D eigenvalue weighted by molar-refractivity contribution is 5.95. The highest BCUT2D eigenvalue weighted by atomic mass is 16.6. The van der Waals surface area contributed by atoms with Crippen LogP contribution in [0.1, 0.15) is 51.6 Å². The predicted molar refractivity (Wildman–Crippen MR) is 95.3 cm³/mol. The number of hydrogen-bond donors (Lipinski definition) is 2. The number of non-ortho nitro benzene ring substituents is 1. The van der Waals surface area contributed by atoms with Gasteiger partial charge < -0.3 is 15.4 Å². The number of nitrogens with zero attached hydrogens (tertiary/aromatic N) is 1. The summed E-state index contributed by atoms with van der Waals surface area (Å²) in [5, 5.41) is 16.3. The molecule has 8 heteroatoms. The Morgan fingerprint density at radius 2 is 1.96 bits per heavy atom. The fraction of sp³-hybridized carbons (Fsp3) is 0.444. The van der Waals surface area contributed by atoms with Gasteiger partial charge in [0.15, 0.2) is 0 Å². The van der Waals surface area contributed by atoms with Crippen molar-refractivity contribution in [1.82, 2.24) is 10.6 Å². The average molecular weight is 361 g/mol. The highest BCUT2D eigenvalue weighted by Crippen LogP contribution is 2.30. The van der Waals surface area contributed by atoms with Crippen LogP contribution in [0.15, 0.2) is 35.5 Å². The Balaban J connectivity index is 2.46. The second-order valence-corrected chi connectivity index (χ2v) is 6.33. The number of nitrogens with one attached hydrogen (secondary N) is 2. The van der Waals surface area contributed by atoms with Gasteiger partial charge >= 0.3 is 12.0 Å². The molecule has 2 N–H and O–H groups in total. The number of ether oxygens (including phenoxy) is 1. The van der Waals surface area contributed by atoms with E-state index in [2.05, 4.69) is 10.6 Å². The minimum Gasteiger partial charge on any atom is -0.459 e. The molecule has 0 bridgehead atoms. The first kappa shape index (κ1) is 19.4. The molecule has 2 amide bonds. The number of esters is 1. The molecule has 2 rings (SSSR count). The van der Waals surface area contributed by atoms with E-state index in [4.69, 9.17) is 4.74 Å². The van der Waals surface area contributed by atoms with Crippen molar-refractivity contribution in [2.45, 2.75) is 52.2 Å². The molecule has 0 aliphatic carbocycles. The summed E-state index contributed by atoms with van der Waals surface area (Å²) < 4.78 is 5.35. The van der Waals surface area contributed by atoms with E-state index in [1.807, 2.05) is 6.92 Å². The molecule has 1 heterocycles. The van der Waals surface area contributed by atoms with E-state index in [1.54, 1.807) is 13.8 Å². The molecule has 1 unspecified atom stereocenters. The molecule has 1 aromatic carbocycles. The van der Waals surface area contributed by atoms with Crippen LogP contribution >= 0.6 is 0 Å². The molecule has 0 fully saturated rings. The Hall–Kier alpha value is -2.90. The van der Waals surface area contributed by atoms with Gasteiger partial charge in [-0.25, -0.2) is 9.59 Å². The highest BCUT2D eigenvalue weighted by Gasteiger charge is 2.34. The third-order valence-corrected chi connectivity index (χ3v) is 3.93. The second-order valence-electron chi connectivity index (χ2n) is 6.33. The number of benzene rings is 1. The minimum atomic E-state index is -0.720. The molecule has 26 heavy (non-hydrogen) atoms. The summed E-state index contributed by atoms with van der Waals surface area (Å²) in [6, 6.07) is 4.63. The van der Waals surface area contributed by atoms with Gasteiger partial charge in [-0.1, -0.05) is 13.3 Å². The number of rotatable bonds is 7. The molecule has 1 aromatic rings. The number of carbonyl (C=O) groups is 2. The van der Waals surface area contributed by atoms with Crippen LogP contribution in [-0.4, -0.2) is 23.0 Å². The van der Waals surface area contributed by atoms with Crippen molar-refractivity contribution < 1.29 is 19.2 Å². The fourth-order valence-corrected chi connectivity index (χ4v) is 2.73. The lowest BCUT2D eigenvalue weighted by atomic mass is 9.93. The molecule has 1 aliphatic rings. The molecule has 0 aromatic heterocycles. The smallest absolute Gasteiger partial charge is 0.338 e. The number of nitro benzene ring substituents is 1. The molecular weight excluding hydrogens is 338 g/mol. The van der Waals surface area contributed by atoms with Gasteiger partial charge in [-0.3, -0.25) is 10.1 Å². The zero-order chi connectivity index (χ0) is 19.3. The van der Waals surface area contributed by atoms with Crippen LogP contribution in [0, 0.1) is 10.1 Å². The summed E-state index contributed by atoms with van der Waals surface area (Å²) in [7, 11) is 0. The van der Waals surface area contributed by atoms with Gasteiger partial charge in [0.25, 0.3) is 5.69 Å². The number of nitro groups is 1. The normalized spacial score (nSPS) is 16.9. The molecular formula is C18H23N3O5. The van der Waals surface area contributed by atoms with Gasteiger partial charge in [-0.15, -0.1) is 0 Å². The Labute approximate surface area is 151 Å². The minimum absolute atomic E-state index is 0.0597. The van der Waals surface area contributed by atoms with Crippen molar-refractivity contribution in [3.63, 3.8) is 0 Å². The van der Waals surface area contributed by atoms with Gasteiger partial charge in [-0.2, -0.15) is 0 Å². The van der Waals surface area contributed by atoms with Crippen molar-refractivity contribution in [3.05, 3.63) is 51.2 Å². The van der Waals surface area contributed by atoms with E-state index in [0.29, 0.717) is 23.3 Å². The first-order valence-corrected chi connectivity index (χ1v) is 8.59. The molecule has 0 saturated carbocycles. The van der Waals surface area contributed by atoms with Crippen molar-refractivity contribution >= 4 is 17.7 Å². The lowest BCUT2D eigenvalue weighted by Gasteiger charge is -2.30. The van der Waals surface area contributed by atoms with Crippen LogP contribution in [0.3, 0.4) is 0 Å². The molecule has 1 aliphatic heterocycles. The average Bonchev–Trinajstić information content (AvgIpc) is 2.58. The molecule has 0 saturated heterocycles. The number of amides is 2. The van der Waals surface area contributed by atoms with E-state index >= 15 is 0 Å². The lowest BCUT2D eigenvalue weighted by molar-refractivity contribution is -0.384. The fourth-order valence-electron chi connectivity index (χ4n) is 2.73. The number of unbranched alkanes of at least 4 members (excludes halogenated alkanes) is 1. The van der Waals surface area contributed by atoms with E-state index in [1.165, 1.54) is 24.3 Å². The monoisotopic (exact) mass is 361 g/mol. The zero-order valence-corrected chi connectivity index (χ0v) is 15.1. The summed E-state index contributed by atoms with van der Waals surface area (Å²) in [6.07, 6.45) is 1.94. The van der Waals surface area contributed by atoms with Crippen LogP contribution < -0.4 is 10.6 Å². The number of carbonyl (C=O) groups excluding carboxylic acids is 2. The zero-order valence-electron chi connectivity index (χ0n) is 15.1. The summed E-state index contributed by atoms with van der Waals surface area (Å²) in [5.41, 5.74) is 1.39. The van der Waals surface area contributed by atoms with Crippen molar-refractivity contribution in [2.24, 2.45) is 0 Å². The number of allylic oxidation sites excluding steroid dienone is 1. The summed E-state index contributed by atoms with van der Waals surface area (Å²) in [4.78, 5) is 35.1. The van der Waals surface area contributed by atoms with E-state index in [0.717, 1.165) is 12.8 Å². The van der Waals surface area contributed by atoms with Crippen LogP contribution in [0.2, 0.25) is 0 Å². The van der Waals surface area contributed by atoms with Gasteiger partial charge in [-0.05, 0) is 44.4 Å². The standard InChI is InChI=1S/C18H23N3O5/c1-4-5-6-14-15(17(22)26-11(2)3)16(20-18(23)19-14)12-7-9-13(10-8-12)21(24)25/h7-11,16H,4-6H2,1-3H3,(H2,19,20,23). The van der Waals surface area contributed by atoms with E-state index in [-0.39, 0.29) is 11.8 Å². The van der Waals surface area contributed by atoms with Crippen LogP contribution in [-0.2, 0) is 9.53 Å². The first-order valence-electron chi connectivity index (χ1n) is 8.59. The topological polar surface area (TPSA) is 111 Å². The second kappa shape index (κ2) is 8.46. The van der Waals surface area contributed by atoms with Gasteiger partial charge in [0.05, 0.1) is 22.6 Å². The van der Waals surface area contributed by atoms with Gasteiger partial charge in [0.1, 0.15) is 0 Å². The Bertz CT molecular complexity index is 725.